The number of ether oxygens (including phenoxy) is 1. The van der Waals surface area contributed by atoms with Crippen LogP contribution < -0.4 is 4.72 Å². The van der Waals surface area contributed by atoms with E-state index in [0.717, 1.165) is 11.1 Å². The molecule has 0 aliphatic rings. The van der Waals surface area contributed by atoms with E-state index < -0.39 is 28.1 Å². The molecule has 3 rings (SSSR count). The van der Waals surface area contributed by atoms with Gasteiger partial charge in [-0.25, -0.2) is 13.2 Å². The maximum absolute atomic E-state index is 12.9. The van der Waals surface area contributed by atoms with E-state index in [0.29, 0.717) is 12.2 Å². The number of rotatable bonds is 8. The van der Waals surface area contributed by atoms with Crippen LogP contribution in [0.15, 0.2) is 83.8 Å². The van der Waals surface area contributed by atoms with Crippen molar-refractivity contribution in [2.75, 3.05) is 11.3 Å². The van der Waals surface area contributed by atoms with Crippen molar-refractivity contribution in [3.63, 3.8) is 0 Å². The first-order chi connectivity index (χ1) is 16.5. The van der Waals surface area contributed by atoms with Gasteiger partial charge in [-0.15, -0.1) is 0 Å². The second-order valence-corrected chi connectivity index (χ2v) is 10.9. The lowest BCUT2D eigenvalue weighted by Crippen LogP contribution is -2.46. The molecule has 0 radical (unpaired) electrons. The first-order valence-electron chi connectivity index (χ1n) is 11.2. The molecule has 3 aromatic carbocycles. The Labute approximate surface area is 206 Å². The van der Waals surface area contributed by atoms with E-state index in [4.69, 9.17) is 4.74 Å². The second-order valence-electron chi connectivity index (χ2n) is 9.21. The standard InChI is InChI=1S/C27H30N2O5S/c1-20-10-14-23(15-11-20)28-35(32,33)24-16-12-22(13-17-24)26(31)34-19-25(30)29(27(2,3)4)18-21-8-6-5-7-9-21/h5-17,28H,18-19H2,1-4H3. The number of anilines is 1. The lowest BCUT2D eigenvalue weighted by molar-refractivity contribution is -0.140. The number of sulfonamides is 1. The quantitative estimate of drug-likeness (QED) is 0.455. The van der Waals surface area contributed by atoms with Crippen LogP contribution in [0, 0.1) is 6.92 Å². The Bertz CT molecular complexity index is 1260. The Kier molecular flexibility index (Phi) is 7.96. The molecule has 8 heteroatoms. The van der Waals surface area contributed by atoms with Crippen LogP contribution in [-0.4, -0.2) is 37.3 Å². The summed E-state index contributed by atoms with van der Waals surface area (Å²) in [6, 6.07) is 21.9. The number of hydrogen-bond acceptors (Lipinski definition) is 5. The van der Waals surface area contributed by atoms with Crippen molar-refractivity contribution in [3.8, 4) is 0 Å². The summed E-state index contributed by atoms with van der Waals surface area (Å²) in [5.41, 5.74) is 2.10. The van der Waals surface area contributed by atoms with Gasteiger partial charge in [-0.3, -0.25) is 9.52 Å². The molecule has 0 heterocycles. The van der Waals surface area contributed by atoms with Gasteiger partial charge < -0.3 is 9.64 Å². The minimum atomic E-state index is -3.81. The maximum Gasteiger partial charge on any atom is 0.338 e. The number of nitrogens with one attached hydrogen (secondary N) is 1. The Hall–Kier alpha value is -3.65. The maximum atomic E-state index is 12.9. The fourth-order valence-corrected chi connectivity index (χ4v) is 4.42. The largest absolute Gasteiger partial charge is 0.452 e. The Morgan fingerprint density at radius 3 is 2.06 bits per heavy atom. The van der Waals surface area contributed by atoms with Crippen molar-refractivity contribution in [2.24, 2.45) is 0 Å². The highest BCUT2D eigenvalue weighted by atomic mass is 32.2. The fraction of sp³-hybridized carbons (Fsp3) is 0.259. The molecule has 0 bridgehead atoms. The molecule has 0 aliphatic heterocycles. The molecular formula is C27H30N2O5S. The SMILES string of the molecule is Cc1ccc(NS(=O)(=O)c2ccc(C(=O)OCC(=O)N(Cc3ccccc3)C(C)(C)C)cc2)cc1. The lowest BCUT2D eigenvalue weighted by Gasteiger charge is -2.35. The summed E-state index contributed by atoms with van der Waals surface area (Å²) in [5, 5.41) is 0. The zero-order chi connectivity index (χ0) is 25.6. The molecule has 1 N–H and O–H groups in total. The van der Waals surface area contributed by atoms with E-state index in [-0.39, 0.29) is 16.4 Å². The van der Waals surface area contributed by atoms with E-state index in [9.17, 15) is 18.0 Å². The Morgan fingerprint density at radius 2 is 1.49 bits per heavy atom. The molecule has 3 aromatic rings. The van der Waals surface area contributed by atoms with Gasteiger partial charge in [0.05, 0.1) is 10.5 Å². The van der Waals surface area contributed by atoms with Gasteiger partial charge in [0.25, 0.3) is 15.9 Å². The number of hydrogen-bond donors (Lipinski definition) is 1. The Morgan fingerprint density at radius 1 is 0.886 bits per heavy atom. The fourth-order valence-electron chi connectivity index (χ4n) is 3.36. The number of amides is 1. The molecule has 0 atom stereocenters. The number of nitrogens with zero attached hydrogens (tertiary/aromatic N) is 1. The summed E-state index contributed by atoms with van der Waals surface area (Å²) in [7, 11) is -3.81. The van der Waals surface area contributed by atoms with Crippen molar-refractivity contribution in [1.82, 2.24) is 4.90 Å². The van der Waals surface area contributed by atoms with E-state index in [1.807, 2.05) is 58.0 Å². The van der Waals surface area contributed by atoms with Gasteiger partial charge in [-0.05, 0) is 69.7 Å². The zero-order valence-electron chi connectivity index (χ0n) is 20.3. The van der Waals surface area contributed by atoms with Crippen LogP contribution >= 0.6 is 0 Å². The summed E-state index contributed by atoms with van der Waals surface area (Å²) >= 11 is 0. The van der Waals surface area contributed by atoms with Gasteiger partial charge in [0.15, 0.2) is 6.61 Å². The predicted octanol–water partition coefficient (Wildman–Crippen LogP) is 4.78. The summed E-state index contributed by atoms with van der Waals surface area (Å²) in [6.45, 7) is 7.63. The van der Waals surface area contributed by atoms with Crippen molar-refractivity contribution < 1.29 is 22.7 Å². The van der Waals surface area contributed by atoms with Crippen LogP contribution in [-0.2, 0) is 26.1 Å². The van der Waals surface area contributed by atoms with E-state index in [1.54, 1.807) is 29.2 Å². The minimum absolute atomic E-state index is 0.00692. The van der Waals surface area contributed by atoms with Crippen molar-refractivity contribution in [3.05, 3.63) is 95.6 Å². The number of aryl methyl sites for hydroxylation is 1. The van der Waals surface area contributed by atoms with Gasteiger partial charge in [-0.2, -0.15) is 0 Å². The van der Waals surface area contributed by atoms with E-state index in [1.165, 1.54) is 24.3 Å². The first-order valence-corrected chi connectivity index (χ1v) is 12.6. The molecule has 1 amide bonds. The van der Waals surface area contributed by atoms with Crippen molar-refractivity contribution in [2.45, 2.75) is 44.7 Å². The molecule has 0 fully saturated rings. The predicted molar refractivity (Wildman–Crippen MR) is 135 cm³/mol. The average molecular weight is 495 g/mol. The molecule has 0 saturated heterocycles. The normalized spacial score (nSPS) is 11.5. The first kappa shape index (κ1) is 26.0. The highest BCUT2D eigenvalue weighted by molar-refractivity contribution is 7.92. The summed E-state index contributed by atoms with van der Waals surface area (Å²) in [4.78, 5) is 27.0. The molecule has 7 nitrogen and oxygen atoms in total. The topological polar surface area (TPSA) is 92.8 Å². The second kappa shape index (κ2) is 10.7. The number of esters is 1. The van der Waals surface area contributed by atoms with Crippen LogP contribution in [0.4, 0.5) is 5.69 Å². The molecular weight excluding hydrogens is 464 g/mol. The zero-order valence-corrected chi connectivity index (χ0v) is 21.1. The smallest absolute Gasteiger partial charge is 0.338 e. The van der Waals surface area contributed by atoms with Gasteiger partial charge >= 0.3 is 5.97 Å². The van der Waals surface area contributed by atoms with Gasteiger partial charge in [0, 0.05) is 17.8 Å². The van der Waals surface area contributed by atoms with E-state index in [2.05, 4.69) is 4.72 Å². The molecule has 0 aliphatic carbocycles. The number of carbonyl (C=O) groups is 2. The van der Waals surface area contributed by atoms with Crippen LogP contribution in [0.5, 0.6) is 0 Å². The number of benzene rings is 3. The van der Waals surface area contributed by atoms with Gasteiger partial charge in [0.1, 0.15) is 0 Å². The molecule has 0 aromatic heterocycles. The van der Waals surface area contributed by atoms with Crippen LogP contribution in [0.1, 0.15) is 42.3 Å². The van der Waals surface area contributed by atoms with Crippen molar-refractivity contribution >= 4 is 27.6 Å². The van der Waals surface area contributed by atoms with E-state index >= 15 is 0 Å². The third-order valence-electron chi connectivity index (χ3n) is 5.33. The molecule has 0 unspecified atom stereocenters. The molecule has 184 valence electrons. The summed E-state index contributed by atoms with van der Waals surface area (Å²) in [5.74, 6) is -1.03. The third kappa shape index (κ3) is 7.16. The van der Waals surface area contributed by atoms with Crippen molar-refractivity contribution in [1.29, 1.82) is 0 Å². The highest BCUT2D eigenvalue weighted by Crippen LogP contribution is 2.19. The minimum Gasteiger partial charge on any atom is -0.452 e. The van der Waals surface area contributed by atoms with Gasteiger partial charge in [0.2, 0.25) is 0 Å². The summed E-state index contributed by atoms with van der Waals surface area (Å²) in [6.07, 6.45) is 0. The van der Waals surface area contributed by atoms with Crippen LogP contribution in [0.25, 0.3) is 0 Å². The van der Waals surface area contributed by atoms with Crippen LogP contribution in [0.2, 0.25) is 0 Å². The third-order valence-corrected chi connectivity index (χ3v) is 6.72. The van der Waals surface area contributed by atoms with Gasteiger partial charge in [-0.1, -0.05) is 48.0 Å². The highest BCUT2D eigenvalue weighted by Gasteiger charge is 2.27. The summed E-state index contributed by atoms with van der Waals surface area (Å²) < 4.78 is 33.0. The monoisotopic (exact) mass is 494 g/mol. The lowest BCUT2D eigenvalue weighted by atomic mass is 10.0. The van der Waals surface area contributed by atoms with Crippen LogP contribution in [0.3, 0.4) is 0 Å². The molecule has 0 spiro atoms. The molecule has 35 heavy (non-hydrogen) atoms. The Balaban J connectivity index is 1.63. The molecule has 0 saturated carbocycles. The number of carbonyl (C=O) groups excluding carboxylic acids is 2. The average Bonchev–Trinajstić information content (AvgIpc) is 2.82.